The molecule has 76 valence electrons. The molecule has 1 unspecified atom stereocenters. The summed E-state index contributed by atoms with van der Waals surface area (Å²) < 4.78 is 17.8. The van der Waals surface area contributed by atoms with E-state index in [1.54, 1.807) is 0 Å². The van der Waals surface area contributed by atoms with Gasteiger partial charge in [-0.1, -0.05) is 6.07 Å². The van der Waals surface area contributed by atoms with E-state index >= 15 is 0 Å². The van der Waals surface area contributed by atoms with Crippen molar-refractivity contribution >= 4 is 5.69 Å². The van der Waals surface area contributed by atoms with E-state index < -0.39 is 6.17 Å². The van der Waals surface area contributed by atoms with Gasteiger partial charge >= 0.3 is 0 Å². The van der Waals surface area contributed by atoms with Crippen LogP contribution in [0.4, 0.5) is 10.1 Å². The number of benzene rings is 1. The molecule has 1 N–H and O–H groups in total. The SMILES string of the molecule is CC(F)COc1ccc2c(c1)NCC2. The molecular weight excluding hydrogens is 181 g/mol. The zero-order valence-corrected chi connectivity index (χ0v) is 8.22. The molecule has 2 nitrogen and oxygen atoms in total. The summed E-state index contributed by atoms with van der Waals surface area (Å²) in [5, 5.41) is 3.25. The van der Waals surface area contributed by atoms with Crippen molar-refractivity contribution in [2.45, 2.75) is 19.5 Å². The van der Waals surface area contributed by atoms with E-state index in [0.717, 1.165) is 24.4 Å². The van der Waals surface area contributed by atoms with Crippen molar-refractivity contribution in [1.29, 1.82) is 0 Å². The fourth-order valence-corrected chi connectivity index (χ4v) is 1.57. The predicted octanol–water partition coefficient (Wildman–Crippen LogP) is 2.39. The molecule has 1 aliphatic heterocycles. The average molecular weight is 195 g/mol. The van der Waals surface area contributed by atoms with Gasteiger partial charge in [-0.05, 0) is 25.0 Å². The van der Waals surface area contributed by atoms with Crippen molar-refractivity contribution in [3.05, 3.63) is 23.8 Å². The Morgan fingerprint density at radius 3 is 3.21 bits per heavy atom. The Hall–Kier alpha value is -1.25. The van der Waals surface area contributed by atoms with Crippen LogP contribution in [0.25, 0.3) is 0 Å². The highest BCUT2D eigenvalue weighted by Gasteiger charge is 2.10. The van der Waals surface area contributed by atoms with Gasteiger partial charge in [-0.15, -0.1) is 0 Å². The Morgan fingerprint density at radius 2 is 2.43 bits per heavy atom. The number of fused-ring (bicyclic) bond motifs is 1. The standard InChI is InChI=1S/C11H14FNO/c1-8(12)7-14-10-3-2-9-4-5-13-11(9)6-10/h2-3,6,8,13H,4-5,7H2,1H3. The van der Waals surface area contributed by atoms with Crippen LogP contribution in [-0.2, 0) is 6.42 Å². The Kier molecular flexibility index (Phi) is 2.57. The van der Waals surface area contributed by atoms with E-state index in [9.17, 15) is 4.39 Å². The van der Waals surface area contributed by atoms with Crippen LogP contribution in [-0.4, -0.2) is 19.3 Å². The largest absolute Gasteiger partial charge is 0.490 e. The molecule has 2 rings (SSSR count). The lowest BCUT2D eigenvalue weighted by molar-refractivity contribution is 0.210. The summed E-state index contributed by atoms with van der Waals surface area (Å²) in [6.07, 6.45) is 0.144. The molecule has 0 aromatic heterocycles. The van der Waals surface area contributed by atoms with Gasteiger partial charge in [0.05, 0.1) is 0 Å². The molecule has 0 amide bonds. The van der Waals surface area contributed by atoms with Gasteiger partial charge in [0.15, 0.2) is 0 Å². The van der Waals surface area contributed by atoms with Crippen molar-refractivity contribution < 1.29 is 9.13 Å². The third-order valence-corrected chi connectivity index (χ3v) is 2.27. The van der Waals surface area contributed by atoms with E-state index in [1.807, 2.05) is 18.2 Å². The molecular formula is C11H14FNO. The maximum atomic E-state index is 12.5. The lowest BCUT2D eigenvalue weighted by atomic mass is 10.1. The third kappa shape index (κ3) is 1.97. The van der Waals surface area contributed by atoms with E-state index in [1.165, 1.54) is 12.5 Å². The second-order valence-electron chi connectivity index (χ2n) is 3.59. The van der Waals surface area contributed by atoms with Crippen molar-refractivity contribution in [2.24, 2.45) is 0 Å². The van der Waals surface area contributed by atoms with Crippen LogP contribution in [0.1, 0.15) is 12.5 Å². The Balaban J connectivity index is 2.05. The summed E-state index contributed by atoms with van der Waals surface area (Å²) in [6, 6.07) is 5.87. The van der Waals surface area contributed by atoms with Crippen LogP contribution in [0.5, 0.6) is 5.75 Å². The van der Waals surface area contributed by atoms with E-state index in [-0.39, 0.29) is 6.61 Å². The molecule has 0 spiro atoms. The van der Waals surface area contributed by atoms with Crippen molar-refractivity contribution in [2.75, 3.05) is 18.5 Å². The maximum Gasteiger partial charge on any atom is 0.131 e. The minimum atomic E-state index is -0.920. The normalized spacial score (nSPS) is 15.9. The van der Waals surface area contributed by atoms with Gasteiger partial charge in [-0.2, -0.15) is 0 Å². The van der Waals surface area contributed by atoms with Crippen LogP contribution in [0.15, 0.2) is 18.2 Å². The zero-order chi connectivity index (χ0) is 9.97. The fraction of sp³-hybridized carbons (Fsp3) is 0.455. The summed E-state index contributed by atoms with van der Waals surface area (Å²) in [4.78, 5) is 0. The Labute approximate surface area is 83.1 Å². The molecule has 0 radical (unpaired) electrons. The minimum Gasteiger partial charge on any atom is -0.490 e. The van der Waals surface area contributed by atoms with Gasteiger partial charge in [0.2, 0.25) is 0 Å². The Bertz CT molecular complexity index is 325. The predicted molar refractivity (Wildman–Crippen MR) is 54.7 cm³/mol. The van der Waals surface area contributed by atoms with Gasteiger partial charge in [-0.3, -0.25) is 0 Å². The zero-order valence-electron chi connectivity index (χ0n) is 8.22. The minimum absolute atomic E-state index is 0.124. The lowest BCUT2D eigenvalue weighted by Gasteiger charge is -2.08. The molecule has 0 fully saturated rings. The molecule has 1 aromatic rings. The molecule has 0 saturated heterocycles. The quantitative estimate of drug-likeness (QED) is 0.799. The summed E-state index contributed by atoms with van der Waals surface area (Å²) in [5.74, 6) is 0.739. The molecule has 0 aliphatic carbocycles. The first kappa shape index (κ1) is 9.31. The van der Waals surface area contributed by atoms with E-state index in [2.05, 4.69) is 5.32 Å². The van der Waals surface area contributed by atoms with E-state index in [0.29, 0.717) is 0 Å². The smallest absolute Gasteiger partial charge is 0.131 e. The number of alkyl halides is 1. The van der Waals surface area contributed by atoms with Gasteiger partial charge in [0.25, 0.3) is 0 Å². The number of ether oxygens (including phenoxy) is 1. The van der Waals surface area contributed by atoms with Crippen LogP contribution >= 0.6 is 0 Å². The first-order chi connectivity index (χ1) is 6.75. The first-order valence-corrected chi connectivity index (χ1v) is 4.89. The highest BCUT2D eigenvalue weighted by molar-refractivity contribution is 5.58. The molecule has 1 heterocycles. The Morgan fingerprint density at radius 1 is 1.57 bits per heavy atom. The third-order valence-electron chi connectivity index (χ3n) is 2.27. The number of hydrogen-bond acceptors (Lipinski definition) is 2. The van der Waals surface area contributed by atoms with Crippen LogP contribution in [0.2, 0.25) is 0 Å². The molecule has 0 bridgehead atoms. The molecule has 3 heteroatoms. The van der Waals surface area contributed by atoms with Crippen LogP contribution < -0.4 is 10.1 Å². The first-order valence-electron chi connectivity index (χ1n) is 4.89. The molecule has 14 heavy (non-hydrogen) atoms. The van der Waals surface area contributed by atoms with Crippen LogP contribution in [0.3, 0.4) is 0 Å². The van der Waals surface area contributed by atoms with Crippen molar-refractivity contribution in [3.8, 4) is 5.75 Å². The summed E-state index contributed by atoms with van der Waals surface area (Å²) in [6.45, 7) is 2.60. The van der Waals surface area contributed by atoms with Gasteiger partial charge < -0.3 is 10.1 Å². The fourth-order valence-electron chi connectivity index (χ4n) is 1.57. The summed E-state index contributed by atoms with van der Waals surface area (Å²) in [7, 11) is 0. The van der Waals surface area contributed by atoms with Gasteiger partial charge in [-0.25, -0.2) is 4.39 Å². The van der Waals surface area contributed by atoms with Gasteiger partial charge in [0.1, 0.15) is 18.5 Å². The highest BCUT2D eigenvalue weighted by atomic mass is 19.1. The maximum absolute atomic E-state index is 12.5. The number of hydrogen-bond donors (Lipinski definition) is 1. The van der Waals surface area contributed by atoms with Gasteiger partial charge in [0, 0.05) is 18.3 Å². The van der Waals surface area contributed by atoms with E-state index in [4.69, 9.17) is 4.74 Å². The number of anilines is 1. The number of nitrogens with one attached hydrogen (secondary N) is 1. The van der Waals surface area contributed by atoms with Crippen molar-refractivity contribution in [3.63, 3.8) is 0 Å². The van der Waals surface area contributed by atoms with Crippen LogP contribution in [0, 0.1) is 0 Å². The second-order valence-corrected chi connectivity index (χ2v) is 3.59. The highest BCUT2D eigenvalue weighted by Crippen LogP contribution is 2.26. The number of rotatable bonds is 3. The molecule has 1 aromatic carbocycles. The second kappa shape index (κ2) is 3.86. The molecule has 1 atom stereocenters. The topological polar surface area (TPSA) is 21.3 Å². The van der Waals surface area contributed by atoms with Crippen molar-refractivity contribution in [1.82, 2.24) is 0 Å². The molecule has 0 saturated carbocycles. The number of halogens is 1. The lowest BCUT2D eigenvalue weighted by Crippen LogP contribution is -2.08. The summed E-state index contributed by atoms with van der Waals surface area (Å²) in [5.41, 5.74) is 2.43. The average Bonchev–Trinajstić information content (AvgIpc) is 2.61. The summed E-state index contributed by atoms with van der Waals surface area (Å²) >= 11 is 0. The monoisotopic (exact) mass is 195 g/mol. The molecule has 1 aliphatic rings.